The zero-order valence-electron chi connectivity index (χ0n) is 8.69. The molecule has 0 bridgehead atoms. The Labute approximate surface area is 120 Å². The molecule has 0 aliphatic carbocycles. The van der Waals surface area contributed by atoms with E-state index in [0.29, 0.717) is 0 Å². The van der Waals surface area contributed by atoms with Crippen LogP contribution in [-0.4, -0.2) is 36.8 Å². The van der Waals surface area contributed by atoms with Gasteiger partial charge in [0.1, 0.15) is 0 Å². The van der Waals surface area contributed by atoms with Gasteiger partial charge in [-0.05, 0) is 0 Å². The first-order valence-electron chi connectivity index (χ1n) is 2.19. The normalized spacial score (nSPS) is 4.80. The monoisotopic (exact) mass is 350 g/mol. The smallest absolute Gasteiger partial charge is 0.412 e. The summed E-state index contributed by atoms with van der Waals surface area (Å²) in [5.41, 5.74) is 0. The molecule has 120 valence electrons. The first-order valence-corrected chi connectivity index (χ1v) is 2.19. The Kier molecular flexibility index (Phi) is 117. The van der Waals surface area contributed by atoms with Gasteiger partial charge >= 0.3 is 21.7 Å². The first-order chi connectivity index (χ1) is 6.93. The SMILES string of the molecule is O.O.O.O=[N+]([O-])[O-].O=[N+]([O-])[O-].O=[N+]([O-])[O-].O=[N+]([O-])[O-].[Ti+4]. The van der Waals surface area contributed by atoms with Crippen molar-refractivity contribution in [2.24, 2.45) is 0 Å². The third kappa shape index (κ3) is 470. The summed E-state index contributed by atoms with van der Waals surface area (Å²) in [5, 5.41) is 59.0. The maximum atomic E-state index is 8.25. The molecule has 0 aromatic rings. The van der Waals surface area contributed by atoms with Crippen LogP contribution in [0.2, 0.25) is 0 Å². The summed E-state index contributed by atoms with van der Waals surface area (Å²) in [6, 6.07) is 0. The van der Waals surface area contributed by atoms with Crippen molar-refractivity contribution >= 4 is 0 Å². The van der Waals surface area contributed by atoms with Crippen molar-refractivity contribution in [1.29, 1.82) is 0 Å². The molecule has 0 rings (SSSR count). The van der Waals surface area contributed by atoms with Crippen LogP contribution in [0.1, 0.15) is 0 Å². The van der Waals surface area contributed by atoms with Crippen molar-refractivity contribution in [3.8, 4) is 0 Å². The van der Waals surface area contributed by atoms with Gasteiger partial charge in [0.2, 0.25) is 0 Å². The Balaban J connectivity index is -0.0000000150. The number of rotatable bonds is 0. The fraction of sp³-hybridized carbons (Fsp3) is 0. The molecule has 0 spiro atoms. The van der Waals surface area contributed by atoms with E-state index in [4.69, 9.17) is 61.3 Å². The third-order valence-corrected chi connectivity index (χ3v) is 0. The van der Waals surface area contributed by atoms with E-state index in [9.17, 15) is 0 Å². The second-order valence-corrected chi connectivity index (χ2v) is 0.894. The molecule has 0 radical (unpaired) electrons. The van der Waals surface area contributed by atoms with Crippen LogP contribution in [0.15, 0.2) is 0 Å². The van der Waals surface area contributed by atoms with Gasteiger partial charge in [-0.3, -0.25) is 0 Å². The fourth-order valence-electron chi connectivity index (χ4n) is 0. The van der Waals surface area contributed by atoms with Crippen molar-refractivity contribution in [3.05, 3.63) is 61.3 Å². The molecular weight excluding hydrogens is 344 g/mol. The van der Waals surface area contributed by atoms with Gasteiger partial charge in [0.15, 0.2) is 0 Å². The van der Waals surface area contributed by atoms with Crippen LogP contribution in [0.4, 0.5) is 0 Å². The molecule has 0 amide bonds. The van der Waals surface area contributed by atoms with Crippen LogP contribution < -0.4 is 0 Å². The average molecular weight is 350 g/mol. The van der Waals surface area contributed by atoms with E-state index in [-0.39, 0.29) is 38.1 Å². The molecule has 0 aromatic carbocycles. The van der Waals surface area contributed by atoms with E-state index in [1.165, 1.54) is 0 Å². The molecule has 0 atom stereocenters. The molecule has 0 fully saturated rings. The van der Waals surface area contributed by atoms with E-state index in [1.54, 1.807) is 0 Å². The van der Waals surface area contributed by atoms with Crippen molar-refractivity contribution in [2.45, 2.75) is 0 Å². The summed E-state index contributed by atoms with van der Waals surface area (Å²) in [7, 11) is 0. The second-order valence-electron chi connectivity index (χ2n) is 0.894. The van der Waals surface area contributed by atoms with Crippen LogP contribution in [0, 0.1) is 61.3 Å². The van der Waals surface area contributed by atoms with Gasteiger partial charge in [0.05, 0.1) is 20.3 Å². The van der Waals surface area contributed by atoms with Crippen molar-refractivity contribution in [1.82, 2.24) is 0 Å². The predicted molar refractivity (Wildman–Crippen MR) is 52.3 cm³/mol. The van der Waals surface area contributed by atoms with Gasteiger partial charge in [-0.2, -0.15) is 0 Å². The summed E-state index contributed by atoms with van der Waals surface area (Å²) in [5.74, 6) is 0. The molecule has 0 aromatic heterocycles. The molecule has 0 saturated carbocycles. The quantitative estimate of drug-likeness (QED) is 0.234. The van der Waals surface area contributed by atoms with Crippen LogP contribution in [-0.2, 0) is 21.7 Å². The van der Waals surface area contributed by atoms with Gasteiger partial charge in [0, 0.05) is 0 Å². The minimum Gasteiger partial charge on any atom is -0.412 e. The Morgan fingerprint density at radius 1 is 0.400 bits per heavy atom. The Hall–Kier alpha value is -2.61. The number of hydrogen-bond acceptors (Lipinski definition) is 12. The standard InChI is InChI=1S/4NO3.3H2O.Ti/c4*2-1(3)4;;;;/h;;;;3*1H2;/q4*-1;;;;+4. The second kappa shape index (κ2) is 44.0. The van der Waals surface area contributed by atoms with E-state index in [1.807, 2.05) is 0 Å². The minimum absolute atomic E-state index is 0. The zero-order valence-corrected chi connectivity index (χ0v) is 10.2. The summed E-state index contributed by atoms with van der Waals surface area (Å²) < 4.78 is 0. The van der Waals surface area contributed by atoms with E-state index in [0.717, 1.165) is 0 Å². The minimum atomic E-state index is -1.75. The molecule has 6 N–H and O–H groups in total. The van der Waals surface area contributed by atoms with Gasteiger partial charge in [-0.15, -0.1) is 0 Å². The third-order valence-electron chi connectivity index (χ3n) is 0. The van der Waals surface area contributed by atoms with Gasteiger partial charge in [0.25, 0.3) is 0 Å². The average Bonchev–Trinajstić information content (AvgIpc) is 1.76. The summed E-state index contributed by atoms with van der Waals surface area (Å²) >= 11 is 0. The maximum absolute atomic E-state index is 8.25. The van der Waals surface area contributed by atoms with Crippen molar-refractivity contribution in [2.75, 3.05) is 0 Å². The van der Waals surface area contributed by atoms with Gasteiger partial charge < -0.3 is 77.7 Å². The summed E-state index contributed by atoms with van der Waals surface area (Å²) in [6.07, 6.45) is 0. The molecule has 0 unspecified atom stereocenters. The summed E-state index contributed by atoms with van der Waals surface area (Å²) in [4.78, 5) is 33.0. The topological polar surface area (TPSA) is 359 Å². The molecule has 0 saturated heterocycles. The molecular formula is H6N4O15Ti. The molecule has 0 heterocycles. The molecule has 0 aliphatic heterocycles. The Morgan fingerprint density at radius 3 is 0.400 bits per heavy atom. The Bertz CT molecular complexity index is 160. The zero-order chi connectivity index (χ0) is 14.3. The molecule has 20 heavy (non-hydrogen) atoms. The fourth-order valence-corrected chi connectivity index (χ4v) is 0. The van der Waals surface area contributed by atoms with E-state index >= 15 is 0 Å². The molecule has 20 heteroatoms. The van der Waals surface area contributed by atoms with Gasteiger partial charge in [-0.1, -0.05) is 0 Å². The predicted octanol–water partition coefficient (Wildman–Crippen LogP) is -3.43. The van der Waals surface area contributed by atoms with Crippen molar-refractivity contribution < 1.29 is 58.5 Å². The van der Waals surface area contributed by atoms with Crippen molar-refractivity contribution in [3.63, 3.8) is 0 Å². The number of nitrogens with zero attached hydrogens (tertiary/aromatic N) is 4. The molecule has 0 aliphatic rings. The van der Waals surface area contributed by atoms with Crippen LogP contribution in [0.3, 0.4) is 0 Å². The van der Waals surface area contributed by atoms with Crippen LogP contribution in [0.5, 0.6) is 0 Å². The maximum Gasteiger partial charge on any atom is 4.00 e. The summed E-state index contributed by atoms with van der Waals surface area (Å²) in [6.45, 7) is 0. The number of hydrogen-bond donors (Lipinski definition) is 0. The van der Waals surface area contributed by atoms with Gasteiger partial charge in [-0.25, -0.2) is 0 Å². The largest absolute Gasteiger partial charge is 4.00 e. The molecule has 19 nitrogen and oxygen atoms in total. The van der Waals surface area contributed by atoms with Crippen LogP contribution >= 0.6 is 0 Å². The van der Waals surface area contributed by atoms with E-state index < -0.39 is 20.3 Å². The van der Waals surface area contributed by atoms with E-state index in [2.05, 4.69) is 0 Å². The first kappa shape index (κ1) is 53.0. The van der Waals surface area contributed by atoms with Crippen LogP contribution in [0.25, 0.3) is 0 Å². The Morgan fingerprint density at radius 2 is 0.400 bits per heavy atom.